The van der Waals surface area contributed by atoms with Gasteiger partial charge in [0.2, 0.25) is 11.8 Å². The van der Waals surface area contributed by atoms with Crippen molar-refractivity contribution < 1.29 is 9.47 Å². The van der Waals surface area contributed by atoms with Gasteiger partial charge in [0.05, 0.1) is 24.3 Å². The number of benzene rings is 2. The molecule has 3 aromatic rings. The molecule has 4 rings (SSSR count). The first kappa shape index (κ1) is 16.7. The van der Waals surface area contributed by atoms with Crippen LogP contribution in [0.25, 0.3) is 11.3 Å². The van der Waals surface area contributed by atoms with E-state index in [0.29, 0.717) is 11.5 Å². The van der Waals surface area contributed by atoms with E-state index in [1.165, 1.54) is 0 Å². The van der Waals surface area contributed by atoms with Crippen LogP contribution in [0.3, 0.4) is 0 Å². The number of nitrogens with zero attached hydrogens (tertiary/aromatic N) is 2. The van der Waals surface area contributed by atoms with Gasteiger partial charge < -0.3 is 15.2 Å². The molecule has 27 heavy (non-hydrogen) atoms. The van der Waals surface area contributed by atoms with Crippen LogP contribution in [-0.4, -0.2) is 17.3 Å². The molecule has 0 saturated carbocycles. The summed E-state index contributed by atoms with van der Waals surface area (Å²) < 4.78 is 11.0. The minimum atomic E-state index is -0.362. The molecule has 1 aromatic heterocycles. The SMILES string of the molecule is COc1cccc(-c2[nH]nc3c2C(c2ccc(C)cc2)C(C#N)=C(N)O3)c1. The third-order valence-corrected chi connectivity index (χ3v) is 4.71. The van der Waals surface area contributed by atoms with Gasteiger partial charge in [-0.1, -0.05) is 42.0 Å². The zero-order valence-electron chi connectivity index (χ0n) is 15.0. The van der Waals surface area contributed by atoms with E-state index in [4.69, 9.17) is 15.2 Å². The minimum absolute atomic E-state index is 0.0827. The summed E-state index contributed by atoms with van der Waals surface area (Å²) in [4.78, 5) is 0. The number of aromatic nitrogens is 2. The average Bonchev–Trinajstić information content (AvgIpc) is 3.11. The number of aryl methyl sites for hydroxylation is 1. The second-order valence-corrected chi connectivity index (χ2v) is 6.38. The van der Waals surface area contributed by atoms with Gasteiger partial charge in [0, 0.05) is 5.56 Å². The summed E-state index contributed by atoms with van der Waals surface area (Å²) in [6.45, 7) is 2.02. The van der Waals surface area contributed by atoms with Gasteiger partial charge in [-0.25, -0.2) is 0 Å². The molecule has 6 heteroatoms. The van der Waals surface area contributed by atoms with Gasteiger partial charge in [-0.15, -0.1) is 5.10 Å². The number of H-pyrrole nitrogens is 1. The summed E-state index contributed by atoms with van der Waals surface area (Å²) in [5, 5.41) is 17.1. The summed E-state index contributed by atoms with van der Waals surface area (Å²) in [7, 11) is 1.62. The van der Waals surface area contributed by atoms with Crippen molar-refractivity contribution >= 4 is 0 Å². The Morgan fingerprint density at radius 2 is 2.00 bits per heavy atom. The lowest BCUT2D eigenvalue weighted by atomic mass is 9.83. The lowest BCUT2D eigenvalue weighted by Crippen LogP contribution is -2.21. The smallest absolute Gasteiger partial charge is 0.244 e. The fourth-order valence-electron chi connectivity index (χ4n) is 3.34. The number of nitrogens with one attached hydrogen (secondary N) is 1. The minimum Gasteiger partial charge on any atom is -0.497 e. The van der Waals surface area contributed by atoms with Crippen LogP contribution in [0.1, 0.15) is 22.6 Å². The topological polar surface area (TPSA) is 97.0 Å². The number of hydrogen-bond acceptors (Lipinski definition) is 5. The van der Waals surface area contributed by atoms with E-state index in [1.54, 1.807) is 7.11 Å². The molecule has 0 spiro atoms. The lowest BCUT2D eigenvalue weighted by Gasteiger charge is -2.24. The summed E-state index contributed by atoms with van der Waals surface area (Å²) >= 11 is 0. The van der Waals surface area contributed by atoms with Crippen molar-refractivity contribution in [2.24, 2.45) is 5.73 Å². The van der Waals surface area contributed by atoms with Gasteiger partial charge in [-0.3, -0.25) is 5.10 Å². The fourth-order valence-corrected chi connectivity index (χ4v) is 3.34. The predicted octanol–water partition coefficient (Wildman–Crippen LogP) is 3.61. The quantitative estimate of drug-likeness (QED) is 0.745. The number of ether oxygens (including phenoxy) is 2. The number of methoxy groups -OCH3 is 1. The Balaban J connectivity index is 1.93. The zero-order valence-corrected chi connectivity index (χ0v) is 15.0. The van der Waals surface area contributed by atoms with Gasteiger partial charge in [-0.2, -0.15) is 5.26 Å². The van der Waals surface area contributed by atoms with E-state index >= 15 is 0 Å². The number of aromatic amines is 1. The largest absolute Gasteiger partial charge is 0.497 e. The Morgan fingerprint density at radius 1 is 1.22 bits per heavy atom. The number of allylic oxidation sites excluding steroid dienone is 1. The van der Waals surface area contributed by atoms with Crippen molar-refractivity contribution in [2.45, 2.75) is 12.8 Å². The van der Waals surface area contributed by atoms with Gasteiger partial charge in [0.15, 0.2) is 0 Å². The van der Waals surface area contributed by atoms with Crippen LogP contribution in [0.15, 0.2) is 60.0 Å². The van der Waals surface area contributed by atoms with E-state index in [1.807, 2.05) is 55.5 Å². The van der Waals surface area contributed by atoms with E-state index in [-0.39, 0.29) is 11.8 Å². The number of nitrogens with two attached hydrogens (primary N) is 1. The molecular formula is C21H18N4O2. The summed E-state index contributed by atoms with van der Waals surface area (Å²) in [6, 6.07) is 17.9. The van der Waals surface area contributed by atoms with E-state index in [2.05, 4.69) is 16.3 Å². The molecule has 3 N–H and O–H groups in total. The number of fused-ring (bicyclic) bond motifs is 1. The Hall–Kier alpha value is -3.72. The maximum Gasteiger partial charge on any atom is 0.244 e. The van der Waals surface area contributed by atoms with Crippen LogP contribution in [0.4, 0.5) is 0 Å². The maximum absolute atomic E-state index is 9.74. The Morgan fingerprint density at radius 3 is 2.70 bits per heavy atom. The van der Waals surface area contributed by atoms with Crippen LogP contribution in [0.2, 0.25) is 0 Å². The molecular weight excluding hydrogens is 340 g/mol. The van der Waals surface area contributed by atoms with Crippen molar-refractivity contribution in [1.29, 1.82) is 5.26 Å². The third-order valence-electron chi connectivity index (χ3n) is 4.71. The van der Waals surface area contributed by atoms with Crippen molar-refractivity contribution in [3.8, 4) is 29.0 Å². The molecule has 1 atom stereocenters. The normalized spacial score (nSPS) is 15.7. The van der Waals surface area contributed by atoms with Crippen molar-refractivity contribution in [2.75, 3.05) is 7.11 Å². The van der Waals surface area contributed by atoms with Crippen LogP contribution in [0.5, 0.6) is 11.6 Å². The highest BCUT2D eigenvalue weighted by atomic mass is 16.5. The molecule has 2 aromatic carbocycles. The van der Waals surface area contributed by atoms with Crippen molar-refractivity contribution in [3.05, 3.63) is 76.7 Å². The van der Waals surface area contributed by atoms with Gasteiger partial charge in [-0.05, 0) is 24.6 Å². The molecule has 2 heterocycles. The van der Waals surface area contributed by atoms with Crippen LogP contribution in [0, 0.1) is 18.3 Å². The first-order valence-electron chi connectivity index (χ1n) is 8.49. The molecule has 1 aliphatic rings. The number of nitriles is 1. The Bertz CT molecular complexity index is 1070. The fraction of sp³-hybridized carbons (Fsp3) is 0.143. The molecule has 1 unspecified atom stereocenters. The van der Waals surface area contributed by atoms with E-state index in [9.17, 15) is 5.26 Å². The first-order chi connectivity index (χ1) is 13.1. The zero-order chi connectivity index (χ0) is 19.0. The summed E-state index contributed by atoms with van der Waals surface area (Å²) in [6.07, 6.45) is 0. The highest BCUT2D eigenvalue weighted by molar-refractivity contribution is 5.71. The molecule has 134 valence electrons. The molecule has 0 saturated heterocycles. The monoisotopic (exact) mass is 358 g/mol. The van der Waals surface area contributed by atoms with Gasteiger partial charge in [0.25, 0.3) is 0 Å². The van der Waals surface area contributed by atoms with Crippen LogP contribution >= 0.6 is 0 Å². The van der Waals surface area contributed by atoms with Crippen molar-refractivity contribution in [3.63, 3.8) is 0 Å². The summed E-state index contributed by atoms with van der Waals surface area (Å²) in [5.41, 5.74) is 10.9. The molecule has 0 bridgehead atoms. The number of rotatable bonds is 3. The summed E-state index contributed by atoms with van der Waals surface area (Å²) in [5.74, 6) is 0.837. The van der Waals surface area contributed by atoms with Crippen LogP contribution in [-0.2, 0) is 0 Å². The highest BCUT2D eigenvalue weighted by Gasteiger charge is 2.35. The van der Waals surface area contributed by atoms with E-state index < -0.39 is 0 Å². The van der Waals surface area contributed by atoms with Crippen LogP contribution < -0.4 is 15.2 Å². The van der Waals surface area contributed by atoms with Gasteiger partial charge >= 0.3 is 0 Å². The standard InChI is InChI=1S/C21H18N4O2/c1-12-6-8-13(9-7-12)17-16(11-22)20(23)27-21-18(17)19(24-25-21)14-4-3-5-15(10-14)26-2/h3-10,17H,23H2,1-2H3,(H,24,25). The molecule has 6 nitrogen and oxygen atoms in total. The van der Waals surface area contributed by atoms with Crippen molar-refractivity contribution in [1.82, 2.24) is 10.2 Å². The van der Waals surface area contributed by atoms with Gasteiger partial charge in [0.1, 0.15) is 17.4 Å². The predicted molar refractivity (Wildman–Crippen MR) is 101 cm³/mol. The molecule has 1 aliphatic heterocycles. The Kier molecular flexibility index (Phi) is 4.05. The third kappa shape index (κ3) is 2.79. The second kappa shape index (κ2) is 6.54. The molecule has 0 amide bonds. The molecule has 0 aliphatic carbocycles. The maximum atomic E-state index is 9.74. The van der Waals surface area contributed by atoms with E-state index in [0.717, 1.165) is 33.7 Å². The molecule has 0 fully saturated rings. The number of hydrogen-bond donors (Lipinski definition) is 2. The lowest BCUT2D eigenvalue weighted by molar-refractivity contribution is 0.379. The Labute approximate surface area is 156 Å². The average molecular weight is 358 g/mol. The highest BCUT2D eigenvalue weighted by Crippen LogP contribution is 2.45. The first-order valence-corrected chi connectivity index (χ1v) is 8.49. The second-order valence-electron chi connectivity index (χ2n) is 6.38. The molecule has 0 radical (unpaired) electrons.